The van der Waals surface area contributed by atoms with Crippen molar-refractivity contribution in [2.75, 3.05) is 0 Å². The third kappa shape index (κ3) is 1.51. The van der Waals surface area contributed by atoms with E-state index in [0.717, 1.165) is 10.5 Å². The maximum absolute atomic E-state index is 12.2. The van der Waals surface area contributed by atoms with E-state index in [4.69, 9.17) is 0 Å². The lowest BCUT2D eigenvalue weighted by Gasteiger charge is -2.18. The monoisotopic (exact) mass is 259 g/mol. The molecule has 0 aliphatic carbocycles. The molecular formula is C12H9N3O4. The van der Waals surface area contributed by atoms with Gasteiger partial charge in [0, 0.05) is 0 Å². The molecule has 2 aliphatic heterocycles. The Morgan fingerprint density at radius 3 is 2.37 bits per heavy atom. The van der Waals surface area contributed by atoms with Crippen LogP contribution in [0, 0.1) is 6.92 Å². The maximum atomic E-state index is 12.2. The molecule has 0 saturated carbocycles. The first-order valence-electron chi connectivity index (χ1n) is 5.59. The van der Waals surface area contributed by atoms with Gasteiger partial charge in [0.1, 0.15) is 0 Å². The molecule has 0 aromatic heterocycles. The number of urea groups is 1. The number of nitrogens with one attached hydrogen (secondary N) is 2. The lowest BCUT2D eigenvalue weighted by atomic mass is 10.1. The van der Waals surface area contributed by atoms with Gasteiger partial charge >= 0.3 is 6.03 Å². The van der Waals surface area contributed by atoms with Gasteiger partial charge in [0.05, 0.1) is 11.1 Å². The summed E-state index contributed by atoms with van der Waals surface area (Å²) < 4.78 is 0. The van der Waals surface area contributed by atoms with Crippen molar-refractivity contribution in [3.8, 4) is 0 Å². The number of carbonyl (C=O) groups excluding carboxylic acids is 4. The third-order valence-electron chi connectivity index (χ3n) is 3.08. The fourth-order valence-corrected chi connectivity index (χ4v) is 2.20. The van der Waals surface area contributed by atoms with Crippen molar-refractivity contribution >= 4 is 23.8 Å². The molecule has 1 unspecified atom stereocenters. The first-order chi connectivity index (χ1) is 8.99. The molecule has 2 heterocycles. The molecule has 1 atom stereocenters. The second-order valence-electron chi connectivity index (χ2n) is 4.39. The quantitative estimate of drug-likeness (QED) is 0.537. The van der Waals surface area contributed by atoms with E-state index in [1.54, 1.807) is 25.1 Å². The van der Waals surface area contributed by atoms with Crippen LogP contribution in [0.3, 0.4) is 0 Å². The molecule has 3 rings (SSSR count). The Hall–Kier alpha value is -2.70. The Morgan fingerprint density at radius 1 is 1.05 bits per heavy atom. The van der Waals surface area contributed by atoms with Crippen molar-refractivity contribution in [2.45, 2.75) is 13.1 Å². The summed E-state index contributed by atoms with van der Waals surface area (Å²) in [7, 11) is 0. The second-order valence-corrected chi connectivity index (χ2v) is 4.39. The van der Waals surface area contributed by atoms with Gasteiger partial charge in [-0.3, -0.25) is 19.7 Å². The highest BCUT2D eigenvalue weighted by molar-refractivity contribution is 6.24. The van der Waals surface area contributed by atoms with Crippen LogP contribution >= 0.6 is 0 Å². The van der Waals surface area contributed by atoms with Gasteiger partial charge in [0.25, 0.3) is 17.7 Å². The van der Waals surface area contributed by atoms with Gasteiger partial charge in [-0.25, -0.2) is 9.69 Å². The summed E-state index contributed by atoms with van der Waals surface area (Å²) in [6.07, 6.45) is -1.28. The summed E-state index contributed by atoms with van der Waals surface area (Å²) in [5.74, 6) is -1.87. The van der Waals surface area contributed by atoms with Gasteiger partial charge < -0.3 is 5.32 Å². The topological polar surface area (TPSA) is 95.6 Å². The van der Waals surface area contributed by atoms with Crippen LogP contribution < -0.4 is 10.6 Å². The predicted molar refractivity (Wildman–Crippen MR) is 62.1 cm³/mol. The number of rotatable bonds is 1. The van der Waals surface area contributed by atoms with Crippen LogP contribution in [0.15, 0.2) is 18.2 Å². The number of benzene rings is 1. The van der Waals surface area contributed by atoms with E-state index in [1.807, 2.05) is 5.32 Å². The fourth-order valence-electron chi connectivity index (χ4n) is 2.20. The normalized spacial score (nSPS) is 21.5. The van der Waals surface area contributed by atoms with Crippen molar-refractivity contribution in [3.05, 3.63) is 34.9 Å². The summed E-state index contributed by atoms with van der Waals surface area (Å²) >= 11 is 0. The minimum atomic E-state index is -1.28. The third-order valence-corrected chi connectivity index (χ3v) is 3.08. The highest BCUT2D eigenvalue weighted by atomic mass is 16.2. The maximum Gasteiger partial charge on any atom is 0.323 e. The lowest BCUT2D eigenvalue weighted by Crippen LogP contribution is -2.49. The summed E-state index contributed by atoms with van der Waals surface area (Å²) in [6, 6.07) is 4.12. The van der Waals surface area contributed by atoms with Crippen LogP contribution in [0.1, 0.15) is 26.3 Å². The summed E-state index contributed by atoms with van der Waals surface area (Å²) in [4.78, 5) is 47.7. The Balaban J connectivity index is 2.03. The molecule has 1 aromatic rings. The van der Waals surface area contributed by atoms with E-state index in [-0.39, 0.29) is 11.1 Å². The van der Waals surface area contributed by atoms with E-state index in [2.05, 4.69) is 5.32 Å². The zero-order chi connectivity index (χ0) is 13.7. The van der Waals surface area contributed by atoms with Gasteiger partial charge in [0.15, 0.2) is 6.17 Å². The molecule has 2 aliphatic rings. The average molecular weight is 259 g/mol. The number of carbonyl (C=O) groups is 4. The molecular weight excluding hydrogens is 250 g/mol. The van der Waals surface area contributed by atoms with Crippen LogP contribution in [0.5, 0.6) is 0 Å². The predicted octanol–water partition coefficient (Wildman–Crippen LogP) is -0.243. The van der Waals surface area contributed by atoms with Crippen molar-refractivity contribution in [1.82, 2.24) is 15.5 Å². The van der Waals surface area contributed by atoms with E-state index in [9.17, 15) is 19.2 Å². The largest absolute Gasteiger partial charge is 0.323 e. The van der Waals surface area contributed by atoms with Gasteiger partial charge in [-0.05, 0) is 19.1 Å². The minimum Gasteiger partial charge on any atom is -0.309 e. The highest BCUT2D eigenvalue weighted by Gasteiger charge is 2.46. The number of fused-ring (bicyclic) bond motifs is 1. The van der Waals surface area contributed by atoms with Crippen molar-refractivity contribution < 1.29 is 19.2 Å². The van der Waals surface area contributed by atoms with Gasteiger partial charge in [0.2, 0.25) is 0 Å². The molecule has 2 N–H and O–H groups in total. The molecule has 96 valence electrons. The highest BCUT2D eigenvalue weighted by Crippen LogP contribution is 2.25. The first-order valence-corrected chi connectivity index (χ1v) is 5.59. The van der Waals surface area contributed by atoms with Gasteiger partial charge in [-0.1, -0.05) is 11.6 Å². The molecule has 1 saturated heterocycles. The zero-order valence-electron chi connectivity index (χ0n) is 9.89. The molecule has 19 heavy (non-hydrogen) atoms. The standard InChI is InChI=1S/C12H9N3O4/c1-5-2-3-6-7(4-5)11(18)15(10(6)17)8-9(16)14-12(19)13-8/h2-4,8H,1H3,(H2,13,14,16,19). The number of nitrogens with zero attached hydrogens (tertiary/aromatic N) is 1. The minimum absolute atomic E-state index is 0.240. The molecule has 0 radical (unpaired) electrons. The Bertz CT molecular complexity index is 652. The number of amides is 5. The summed E-state index contributed by atoms with van der Waals surface area (Å²) in [5.41, 5.74) is 1.32. The Morgan fingerprint density at radius 2 is 1.74 bits per heavy atom. The van der Waals surface area contributed by atoms with Crippen LogP contribution in [0.2, 0.25) is 0 Å². The summed E-state index contributed by atoms with van der Waals surface area (Å²) in [5, 5.41) is 4.23. The van der Waals surface area contributed by atoms with Gasteiger partial charge in [-0.15, -0.1) is 0 Å². The van der Waals surface area contributed by atoms with E-state index in [0.29, 0.717) is 0 Å². The van der Waals surface area contributed by atoms with Crippen molar-refractivity contribution in [2.24, 2.45) is 0 Å². The van der Waals surface area contributed by atoms with E-state index >= 15 is 0 Å². The smallest absolute Gasteiger partial charge is 0.309 e. The van der Waals surface area contributed by atoms with Crippen LogP contribution in [0.4, 0.5) is 4.79 Å². The zero-order valence-corrected chi connectivity index (χ0v) is 9.89. The van der Waals surface area contributed by atoms with Crippen LogP contribution in [-0.2, 0) is 4.79 Å². The molecule has 7 nitrogen and oxygen atoms in total. The molecule has 5 amide bonds. The molecule has 0 spiro atoms. The summed E-state index contributed by atoms with van der Waals surface area (Å²) in [6.45, 7) is 1.80. The fraction of sp³-hybridized carbons (Fsp3) is 0.167. The van der Waals surface area contributed by atoms with Crippen molar-refractivity contribution in [3.63, 3.8) is 0 Å². The Labute approximate surface area is 107 Å². The number of hydrogen-bond donors (Lipinski definition) is 2. The second kappa shape index (κ2) is 3.64. The van der Waals surface area contributed by atoms with Crippen LogP contribution in [0.25, 0.3) is 0 Å². The van der Waals surface area contributed by atoms with Gasteiger partial charge in [-0.2, -0.15) is 0 Å². The number of aryl methyl sites for hydroxylation is 1. The number of hydrogen-bond acceptors (Lipinski definition) is 4. The average Bonchev–Trinajstić information content (AvgIpc) is 2.78. The first kappa shape index (κ1) is 11.4. The van der Waals surface area contributed by atoms with Crippen molar-refractivity contribution in [1.29, 1.82) is 0 Å². The van der Waals surface area contributed by atoms with Crippen LogP contribution in [-0.4, -0.2) is 34.8 Å². The van der Waals surface area contributed by atoms with E-state index in [1.165, 1.54) is 0 Å². The molecule has 7 heteroatoms. The lowest BCUT2D eigenvalue weighted by molar-refractivity contribution is -0.122. The molecule has 1 aromatic carbocycles. The molecule has 1 fully saturated rings. The number of imide groups is 2. The SMILES string of the molecule is Cc1ccc2c(c1)C(=O)N(C1NC(=O)NC1=O)C2=O. The molecule has 0 bridgehead atoms. The van der Waals surface area contributed by atoms with E-state index < -0.39 is 29.9 Å². The Kier molecular flexibility index (Phi) is 2.19.